The predicted molar refractivity (Wildman–Crippen MR) is 146 cm³/mol. The average Bonchev–Trinajstić information content (AvgIpc) is 3.24. The maximum absolute atomic E-state index is 11.9. The highest BCUT2D eigenvalue weighted by atomic mass is 16.4. The van der Waals surface area contributed by atoms with Gasteiger partial charge >= 0.3 is 5.97 Å². The standard InChI is InChI=1S/C29H40N6O2/c1-4-19-8-10-21(11-9-19)17-35-24-25(31-14-12-20-6-5-7-20)32-27(29(36)37)33-26(24)34-28(35)23-16-22(18(2)3)13-15-30-23/h13,15-16,18-21H,4-12,14,17H2,1-3H3,(H,36,37)(H,31,32,33)/t19-,21-. The molecule has 0 atom stereocenters. The first kappa shape index (κ1) is 25.6. The van der Waals surface area contributed by atoms with Crippen molar-refractivity contribution in [1.29, 1.82) is 0 Å². The van der Waals surface area contributed by atoms with Crippen LogP contribution >= 0.6 is 0 Å². The van der Waals surface area contributed by atoms with Gasteiger partial charge in [0.2, 0.25) is 5.82 Å². The molecule has 37 heavy (non-hydrogen) atoms. The van der Waals surface area contributed by atoms with Crippen LogP contribution in [0.3, 0.4) is 0 Å². The maximum atomic E-state index is 11.9. The van der Waals surface area contributed by atoms with Gasteiger partial charge in [0.15, 0.2) is 17.3 Å². The Bertz CT molecular complexity index is 1240. The second-order valence-electron chi connectivity index (χ2n) is 11.4. The van der Waals surface area contributed by atoms with E-state index < -0.39 is 5.97 Å². The van der Waals surface area contributed by atoms with Crippen molar-refractivity contribution < 1.29 is 9.90 Å². The normalized spacial score (nSPS) is 20.3. The Morgan fingerprint density at radius 1 is 1.08 bits per heavy atom. The van der Waals surface area contributed by atoms with Crippen LogP contribution in [0.25, 0.3) is 22.7 Å². The first-order valence-corrected chi connectivity index (χ1v) is 14.1. The number of nitrogens with zero attached hydrogens (tertiary/aromatic N) is 5. The van der Waals surface area contributed by atoms with Gasteiger partial charge in [-0.25, -0.2) is 19.7 Å². The van der Waals surface area contributed by atoms with Crippen molar-refractivity contribution in [2.45, 2.75) is 91.0 Å². The molecule has 2 aliphatic rings. The molecule has 3 aromatic heterocycles. The summed E-state index contributed by atoms with van der Waals surface area (Å²) in [4.78, 5) is 30.3. The van der Waals surface area contributed by atoms with E-state index in [1.54, 1.807) is 0 Å². The smallest absolute Gasteiger partial charge is 0.374 e. The molecular weight excluding hydrogens is 464 g/mol. The van der Waals surface area contributed by atoms with Crippen LogP contribution in [0.5, 0.6) is 0 Å². The number of carboxylic acid groups (broad SMARTS) is 1. The fraction of sp³-hybridized carbons (Fsp3) is 0.621. The SMILES string of the molecule is CC[C@H]1CC[C@H](Cn2c(-c3cc(C(C)C)ccn3)nc3nc(C(=O)O)nc(NCCC4CCC4)c32)CC1. The van der Waals surface area contributed by atoms with Gasteiger partial charge < -0.3 is 15.0 Å². The van der Waals surface area contributed by atoms with Gasteiger partial charge in [-0.15, -0.1) is 0 Å². The van der Waals surface area contributed by atoms with Crippen molar-refractivity contribution in [3.63, 3.8) is 0 Å². The first-order valence-electron chi connectivity index (χ1n) is 14.1. The molecule has 198 valence electrons. The van der Waals surface area contributed by atoms with E-state index in [0.29, 0.717) is 23.3 Å². The maximum Gasteiger partial charge on any atom is 0.374 e. The number of aromatic carboxylic acids is 1. The fourth-order valence-electron chi connectivity index (χ4n) is 5.81. The number of carbonyl (C=O) groups is 1. The van der Waals surface area contributed by atoms with Crippen LogP contribution in [0.2, 0.25) is 0 Å². The molecule has 0 bridgehead atoms. The van der Waals surface area contributed by atoms with Gasteiger partial charge in [0.25, 0.3) is 0 Å². The van der Waals surface area contributed by atoms with Crippen molar-refractivity contribution in [2.75, 3.05) is 11.9 Å². The number of aromatic nitrogens is 5. The summed E-state index contributed by atoms with van der Waals surface area (Å²) in [6.45, 7) is 8.20. The molecule has 0 spiro atoms. The number of hydrogen-bond acceptors (Lipinski definition) is 6. The summed E-state index contributed by atoms with van der Waals surface area (Å²) in [5, 5.41) is 13.2. The number of rotatable bonds is 10. The zero-order valence-electron chi connectivity index (χ0n) is 22.4. The van der Waals surface area contributed by atoms with Gasteiger partial charge in [-0.2, -0.15) is 0 Å². The highest BCUT2D eigenvalue weighted by Crippen LogP contribution is 2.35. The summed E-state index contributed by atoms with van der Waals surface area (Å²) in [6, 6.07) is 4.15. The van der Waals surface area contributed by atoms with Gasteiger partial charge in [-0.3, -0.25) is 4.98 Å². The lowest BCUT2D eigenvalue weighted by Crippen LogP contribution is -2.20. The summed E-state index contributed by atoms with van der Waals surface area (Å²) < 4.78 is 2.22. The minimum atomic E-state index is -1.14. The molecule has 5 rings (SSSR count). The van der Waals surface area contributed by atoms with Crippen molar-refractivity contribution in [3.8, 4) is 11.5 Å². The number of anilines is 1. The molecule has 8 heteroatoms. The average molecular weight is 505 g/mol. The molecular formula is C29H40N6O2. The largest absolute Gasteiger partial charge is 0.475 e. The Morgan fingerprint density at radius 3 is 2.49 bits per heavy atom. The van der Waals surface area contributed by atoms with Gasteiger partial charge in [0, 0.05) is 19.3 Å². The monoisotopic (exact) mass is 504 g/mol. The van der Waals surface area contributed by atoms with Crippen molar-refractivity contribution >= 4 is 23.0 Å². The highest BCUT2D eigenvalue weighted by molar-refractivity contribution is 5.92. The molecule has 0 radical (unpaired) electrons. The minimum Gasteiger partial charge on any atom is -0.475 e. The van der Waals surface area contributed by atoms with Crippen LogP contribution in [-0.2, 0) is 6.54 Å². The predicted octanol–water partition coefficient (Wildman–Crippen LogP) is 6.53. The summed E-state index contributed by atoms with van der Waals surface area (Å²) in [6.07, 6.45) is 12.9. The topological polar surface area (TPSA) is 106 Å². The van der Waals surface area contributed by atoms with E-state index >= 15 is 0 Å². The number of imidazole rings is 1. The summed E-state index contributed by atoms with van der Waals surface area (Å²) in [5.74, 6) is 2.43. The molecule has 0 unspecified atom stereocenters. The Labute approximate surface area is 219 Å². The number of nitrogens with one attached hydrogen (secondary N) is 1. The van der Waals surface area contributed by atoms with Crippen LogP contribution in [-0.4, -0.2) is 42.1 Å². The molecule has 0 aromatic carbocycles. The molecule has 0 amide bonds. The quantitative estimate of drug-likeness (QED) is 0.323. The van der Waals surface area contributed by atoms with E-state index in [1.165, 1.54) is 56.9 Å². The van der Waals surface area contributed by atoms with E-state index in [4.69, 9.17) is 4.98 Å². The summed E-state index contributed by atoms with van der Waals surface area (Å²) in [5.41, 5.74) is 3.21. The third-order valence-electron chi connectivity index (χ3n) is 8.53. The summed E-state index contributed by atoms with van der Waals surface area (Å²) in [7, 11) is 0. The van der Waals surface area contributed by atoms with Crippen molar-refractivity contribution in [3.05, 3.63) is 29.7 Å². The number of pyridine rings is 1. The zero-order chi connectivity index (χ0) is 25.9. The Morgan fingerprint density at radius 2 is 1.84 bits per heavy atom. The van der Waals surface area contributed by atoms with E-state index in [2.05, 4.69) is 51.7 Å². The number of carboxylic acids is 1. The molecule has 3 heterocycles. The van der Waals surface area contributed by atoms with Crippen LogP contribution in [0, 0.1) is 17.8 Å². The van der Waals surface area contributed by atoms with Gasteiger partial charge in [0.1, 0.15) is 11.2 Å². The van der Waals surface area contributed by atoms with Gasteiger partial charge in [0.05, 0.1) is 0 Å². The lowest BCUT2D eigenvalue weighted by Gasteiger charge is -2.28. The third kappa shape index (κ3) is 5.63. The lowest BCUT2D eigenvalue weighted by atomic mass is 9.81. The third-order valence-corrected chi connectivity index (χ3v) is 8.53. The number of hydrogen-bond donors (Lipinski definition) is 2. The first-order chi connectivity index (χ1) is 17.9. The molecule has 2 N–H and O–H groups in total. The van der Waals surface area contributed by atoms with Gasteiger partial charge in [-0.1, -0.05) is 59.3 Å². The highest BCUT2D eigenvalue weighted by Gasteiger charge is 2.27. The number of fused-ring (bicyclic) bond motifs is 1. The lowest BCUT2D eigenvalue weighted by molar-refractivity contribution is 0.0684. The summed E-state index contributed by atoms with van der Waals surface area (Å²) >= 11 is 0. The van der Waals surface area contributed by atoms with E-state index in [0.717, 1.165) is 48.4 Å². The van der Waals surface area contributed by atoms with Crippen LogP contribution in [0.15, 0.2) is 18.3 Å². The molecule has 0 aliphatic heterocycles. The molecule has 0 saturated heterocycles. The Kier molecular flexibility index (Phi) is 7.72. The zero-order valence-corrected chi connectivity index (χ0v) is 22.4. The van der Waals surface area contributed by atoms with E-state index in [-0.39, 0.29) is 5.82 Å². The van der Waals surface area contributed by atoms with Crippen LogP contribution in [0.1, 0.15) is 101 Å². The second kappa shape index (κ2) is 11.2. The van der Waals surface area contributed by atoms with E-state index in [1.807, 2.05) is 12.3 Å². The van der Waals surface area contributed by atoms with Crippen molar-refractivity contribution in [1.82, 2.24) is 24.5 Å². The molecule has 8 nitrogen and oxygen atoms in total. The van der Waals surface area contributed by atoms with Crippen LogP contribution in [0.4, 0.5) is 5.82 Å². The molecule has 2 saturated carbocycles. The van der Waals surface area contributed by atoms with Crippen molar-refractivity contribution in [2.24, 2.45) is 17.8 Å². The fourth-order valence-corrected chi connectivity index (χ4v) is 5.81. The molecule has 3 aromatic rings. The molecule has 2 aliphatic carbocycles. The minimum absolute atomic E-state index is 0.220. The Hall–Kier alpha value is -3.03. The second-order valence-corrected chi connectivity index (χ2v) is 11.4. The molecule has 2 fully saturated rings. The van der Waals surface area contributed by atoms with Gasteiger partial charge in [-0.05, 0) is 60.6 Å². The van der Waals surface area contributed by atoms with Crippen LogP contribution < -0.4 is 5.32 Å². The Balaban J connectivity index is 1.58. The van der Waals surface area contributed by atoms with E-state index in [9.17, 15) is 9.90 Å².